The van der Waals surface area contributed by atoms with Crippen molar-refractivity contribution in [3.63, 3.8) is 0 Å². The van der Waals surface area contributed by atoms with Gasteiger partial charge in [0, 0.05) is 12.0 Å². The molecule has 0 unspecified atom stereocenters. The molecule has 0 aromatic heterocycles. The van der Waals surface area contributed by atoms with E-state index in [-0.39, 0.29) is 13.0 Å². The summed E-state index contributed by atoms with van der Waals surface area (Å²) in [7, 11) is -3.89. The Morgan fingerprint density at radius 3 is 2.33 bits per heavy atom. The van der Waals surface area contributed by atoms with Gasteiger partial charge in [-0.2, -0.15) is 4.31 Å². The lowest BCUT2D eigenvalue weighted by Gasteiger charge is -2.35. The fourth-order valence-electron chi connectivity index (χ4n) is 2.77. The first-order valence-corrected chi connectivity index (χ1v) is 9.00. The molecule has 6 heteroatoms. The summed E-state index contributed by atoms with van der Waals surface area (Å²) in [5, 5.41) is 12.5. The van der Waals surface area contributed by atoms with Crippen LogP contribution in [0.25, 0.3) is 6.08 Å². The predicted octanol–water partition coefficient (Wildman–Crippen LogP) is 1.16. The lowest BCUT2D eigenvalue weighted by atomic mass is 9.96. The van der Waals surface area contributed by atoms with Crippen LogP contribution in [0.1, 0.15) is 16.7 Å². The molecule has 1 aliphatic heterocycles. The first kappa shape index (κ1) is 16.4. The molecule has 0 spiro atoms. The maximum Gasteiger partial charge on any atom is 0.237 e. The third kappa shape index (κ3) is 3.39. The third-order valence-electron chi connectivity index (χ3n) is 4.04. The second kappa shape index (κ2) is 6.59. The highest BCUT2D eigenvalue weighted by molar-refractivity contribution is 7.92. The Hall–Kier alpha value is -2.44. The van der Waals surface area contributed by atoms with Crippen molar-refractivity contribution in [3.05, 3.63) is 76.7 Å². The van der Waals surface area contributed by atoms with Gasteiger partial charge in [-0.15, -0.1) is 0 Å². The maximum atomic E-state index is 12.6. The van der Waals surface area contributed by atoms with Crippen LogP contribution in [-0.2, 0) is 27.8 Å². The van der Waals surface area contributed by atoms with Crippen LogP contribution in [0.4, 0.5) is 0 Å². The van der Waals surface area contributed by atoms with E-state index in [0.717, 1.165) is 26.4 Å². The summed E-state index contributed by atoms with van der Waals surface area (Å²) in [5.74, 6) is -1.39. The number of aliphatic carboxylic acids is 1. The zero-order valence-corrected chi connectivity index (χ0v) is 13.6. The Labute approximate surface area is 140 Å². The van der Waals surface area contributed by atoms with Gasteiger partial charge in [-0.25, -0.2) is 8.42 Å². The molecule has 1 aliphatic rings. The number of carbonyl (C=O) groups is 1. The minimum Gasteiger partial charge on any atom is -0.548 e. The van der Waals surface area contributed by atoms with Crippen LogP contribution < -0.4 is 5.11 Å². The molecule has 124 valence electrons. The van der Waals surface area contributed by atoms with Gasteiger partial charge in [0.15, 0.2) is 0 Å². The summed E-state index contributed by atoms with van der Waals surface area (Å²) in [6.07, 6.45) is 1.57. The Balaban J connectivity index is 1.93. The monoisotopic (exact) mass is 342 g/mol. The van der Waals surface area contributed by atoms with Crippen molar-refractivity contribution in [1.82, 2.24) is 4.31 Å². The highest BCUT2D eigenvalue weighted by atomic mass is 32.2. The summed E-state index contributed by atoms with van der Waals surface area (Å²) in [6, 6.07) is 15.0. The van der Waals surface area contributed by atoms with E-state index in [1.165, 1.54) is 6.08 Å². The SMILES string of the molecule is O=C([O-])[C@@H]1Cc2ccccc2CN1S(=O)(=O)/C=C/c1ccccc1. The zero-order chi connectivity index (χ0) is 17.2. The lowest BCUT2D eigenvalue weighted by Crippen LogP contribution is -2.52. The second-order valence-corrected chi connectivity index (χ2v) is 7.38. The van der Waals surface area contributed by atoms with Gasteiger partial charge < -0.3 is 9.90 Å². The number of carboxylic acids is 1. The van der Waals surface area contributed by atoms with Crippen LogP contribution in [0.2, 0.25) is 0 Å². The van der Waals surface area contributed by atoms with Gasteiger partial charge in [-0.1, -0.05) is 54.6 Å². The van der Waals surface area contributed by atoms with E-state index in [1.807, 2.05) is 30.3 Å². The van der Waals surface area contributed by atoms with Gasteiger partial charge in [-0.3, -0.25) is 0 Å². The number of nitrogens with zero attached hydrogens (tertiary/aromatic N) is 1. The summed E-state index contributed by atoms with van der Waals surface area (Å²) < 4.78 is 26.3. The first-order valence-electron chi connectivity index (χ1n) is 7.50. The predicted molar refractivity (Wildman–Crippen MR) is 88.9 cm³/mol. The number of carboxylic acid groups (broad SMARTS) is 1. The van der Waals surface area contributed by atoms with Crippen LogP contribution in [0, 0.1) is 0 Å². The Morgan fingerprint density at radius 2 is 1.67 bits per heavy atom. The largest absolute Gasteiger partial charge is 0.548 e. The van der Waals surface area contributed by atoms with Crippen molar-refractivity contribution in [1.29, 1.82) is 0 Å². The number of fused-ring (bicyclic) bond motifs is 1. The molecule has 0 saturated carbocycles. The Bertz CT molecular complexity index is 875. The standard InChI is InChI=1S/C18H17NO4S/c20-18(21)17-12-15-8-4-5-9-16(15)13-19(17)24(22,23)11-10-14-6-2-1-3-7-14/h1-11,17H,12-13H2,(H,20,21)/p-1/b11-10+/t17-/m0/s1. The first-order chi connectivity index (χ1) is 11.5. The van der Waals surface area contributed by atoms with Crippen LogP contribution >= 0.6 is 0 Å². The third-order valence-corrected chi connectivity index (χ3v) is 5.55. The molecule has 0 bridgehead atoms. The van der Waals surface area contributed by atoms with Crippen LogP contribution in [-0.4, -0.2) is 24.7 Å². The summed E-state index contributed by atoms with van der Waals surface area (Å²) in [4.78, 5) is 11.5. The molecular weight excluding hydrogens is 326 g/mol. The van der Waals surface area contributed by atoms with Gasteiger partial charge in [-0.05, 0) is 29.2 Å². The Morgan fingerprint density at radius 1 is 1.04 bits per heavy atom. The van der Waals surface area contributed by atoms with Gasteiger partial charge >= 0.3 is 0 Å². The molecule has 0 aliphatic carbocycles. The zero-order valence-electron chi connectivity index (χ0n) is 12.8. The molecule has 24 heavy (non-hydrogen) atoms. The molecule has 2 aromatic carbocycles. The van der Waals surface area contributed by atoms with E-state index < -0.39 is 22.0 Å². The summed E-state index contributed by atoms with van der Waals surface area (Å²) >= 11 is 0. The molecule has 0 fully saturated rings. The molecule has 3 rings (SSSR count). The second-order valence-electron chi connectivity index (χ2n) is 5.61. The normalized spacial score (nSPS) is 18.4. The lowest BCUT2D eigenvalue weighted by molar-refractivity contribution is -0.310. The molecule has 0 N–H and O–H groups in total. The van der Waals surface area contributed by atoms with Crippen molar-refractivity contribution in [2.45, 2.75) is 19.0 Å². The minimum absolute atomic E-state index is 0.0241. The smallest absolute Gasteiger partial charge is 0.237 e. The molecule has 1 heterocycles. The van der Waals surface area contributed by atoms with Crippen molar-refractivity contribution in [2.24, 2.45) is 0 Å². The van der Waals surface area contributed by atoms with Crippen molar-refractivity contribution < 1.29 is 18.3 Å². The topological polar surface area (TPSA) is 77.5 Å². The van der Waals surface area contributed by atoms with E-state index in [2.05, 4.69) is 0 Å². The Kier molecular flexibility index (Phi) is 4.51. The number of rotatable bonds is 4. The number of hydrogen-bond donors (Lipinski definition) is 0. The van der Waals surface area contributed by atoms with Crippen molar-refractivity contribution in [2.75, 3.05) is 0 Å². The maximum absolute atomic E-state index is 12.6. The highest BCUT2D eigenvalue weighted by Gasteiger charge is 2.34. The van der Waals surface area contributed by atoms with E-state index >= 15 is 0 Å². The minimum atomic E-state index is -3.89. The highest BCUT2D eigenvalue weighted by Crippen LogP contribution is 2.26. The van der Waals surface area contributed by atoms with Crippen molar-refractivity contribution in [3.8, 4) is 0 Å². The fourth-order valence-corrected chi connectivity index (χ4v) is 4.09. The number of carbonyl (C=O) groups excluding carboxylic acids is 1. The van der Waals surface area contributed by atoms with E-state index in [9.17, 15) is 18.3 Å². The van der Waals surface area contributed by atoms with Gasteiger partial charge in [0.25, 0.3) is 0 Å². The van der Waals surface area contributed by atoms with Gasteiger partial charge in [0.2, 0.25) is 10.0 Å². The molecular formula is C18H16NO4S-. The van der Waals surface area contributed by atoms with Crippen LogP contribution in [0.3, 0.4) is 0 Å². The van der Waals surface area contributed by atoms with Crippen molar-refractivity contribution >= 4 is 22.1 Å². The number of hydrogen-bond acceptors (Lipinski definition) is 4. The van der Waals surface area contributed by atoms with Crippen LogP contribution in [0.5, 0.6) is 0 Å². The molecule has 2 aromatic rings. The fraction of sp³-hybridized carbons (Fsp3) is 0.167. The molecule has 0 amide bonds. The molecule has 0 radical (unpaired) electrons. The number of benzene rings is 2. The molecule has 1 atom stereocenters. The molecule has 5 nitrogen and oxygen atoms in total. The number of sulfonamides is 1. The average Bonchev–Trinajstić information content (AvgIpc) is 2.60. The summed E-state index contributed by atoms with van der Waals surface area (Å²) in [6.45, 7) is 0.0241. The van der Waals surface area contributed by atoms with E-state index in [1.54, 1.807) is 24.3 Å². The van der Waals surface area contributed by atoms with E-state index in [4.69, 9.17) is 0 Å². The average molecular weight is 342 g/mol. The van der Waals surface area contributed by atoms with Crippen LogP contribution in [0.15, 0.2) is 60.0 Å². The quantitative estimate of drug-likeness (QED) is 0.835. The van der Waals surface area contributed by atoms with Gasteiger partial charge in [0.05, 0.1) is 12.0 Å². The van der Waals surface area contributed by atoms with E-state index in [0.29, 0.717) is 0 Å². The van der Waals surface area contributed by atoms with Gasteiger partial charge in [0.1, 0.15) is 0 Å². The molecule has 0 saturated heterocycles. The summed E-state index contributed by atoms with van der Waals surface area (Å²) in [5.41, 5.74) is 2.38.